The molecule has 3 aliphatic rings. The van der Waals surface area contributed by atoms with Gasteiger partial charge in [-0.1, -0.05) is 12.1 Å². The van der Waals surface area contributed by atoms with Crippen LogP contribution in [0.4, 0.5) is 5.69 Å². The van der Waals surface area contributed by atoms with Crippen LogP contribution in [0, 0.1) is 0 Å². The summed E-state index contributed by atoms with van der Waals surface area (Å²) in [6.45, 7) is 9.92. The van der Waals surface area contributed by atoms with Crippen molar-refractivity contribution in [1.82, 2.24) is 14.9 Å². The number of rotatable bonds is 7. The van der Waals surface area contributed by atoms with Gasteiger partial charge in [-0.15, -0.1) is 0 Å². The SMILES string of the molecule is COc1ccccc1N1CCN(CCCCN2CC=C3C=C(C)C=CN32)CC1. The highest BCUT2D eigenvalue weighted by atomic mass is 16.5. The van der Waals surface area contributed by atoms with Crippen LogP contribution in [-0.4, -0.2) is 67.8 Å². The van der Waals surface area contributed by atoms with E-state index < -0.39 is 0 Å². The Balaban J connectivity index is 1.16. The number of ether oxygens (including phenoxy) is 1. The largest absolute Gasteiger partial charge is 0.495 e. The number of benzene rings is 1. The van der Waals surface area contributed by atoms with Crippen molar-refractivity contribution in [3.05, 3.63) is 60.0 Å². The average Bonchev–Trinajstić information content (AvgIpc) is 3.13. The Morgan fingerprint density at radius 1 is 1.00 bits per heavy atom. The molecule has 4 rings (SSSR count). The van der Waals surface area contributed by atoms with Crippen LogP contribution >= 0.6 is 0 Å². The van der Waals surface area contributed by atoms with E-state index in [1.807, 2.05) is 6.07 Å². The van der Waals surface area contributed by atoms with Gasteiger partial charge >= 0.3 is 0 Å². The van der Waals surface area contributed by atoms with Gasteiger partial charge in [-0.2, -0.15) is 0 Å². The van der Waals surface area contributed by atoms with Crippen molar-refractivity contribution < 1.29 is 4.74 Å². The van der Waals surface area contributed by atoms with E-state index in [9.17, 15) is 0 Å². The van der Waals surface area contributed by atoms with Crippen molar-refractivity contribution in [2.24, 2.45) is 0 Å². The fourth-order valence-electron chi connectivity index (χ4n) is 4.25. The third-order valence-electron chi connectivity index (χ3n) is 5.87. The second-order valence-corrected chi connectivity index (χ2v) is 7.80. The van der Waals surface area contributed by atoms with Gasteiger partial charge in [0.2, 0.25) is 0 Å². The molecule has 5 nitrogen and oxygen atoms in total. The molecule has 150 valence electrons. The molecule has 0 aliphatic carbocycles. The molecule has 5 heteroatoms. The lowest BCUT2D eigenvalue weighted by atomic mass is 10.2. The smallest absolute Gasteiger partial charge is 0.142 e. The van der Waals surface area contributed by atoms with Crippen LogP contribution in [0.1, 0.15) is 19.8 Å². The minimum Gasteiger partial charge on any atom is -0.495 e. The molecule has 0 spiro atoms. The Hall–Kier alpha value is -2.24. The normalized spacial score (nSPS) is 20.2. The number of allylic oxidation sites excluding steroid dienone is 3. The molecule has 1 aromatic rings. The molecule has 0 N–H and O–H groups in total. The number of nitrogens with zero attached hydrogens (tertiary/aromatic N) is 4. The first-order chi connectivity index (χ1) is 13.7. The number of hydrogen-bond donors (Lipinski definition) is 0. The van der Waals surface area contributed by atoms with Gasteiger partial charge in [0.05, 0.1) is 18.5 Å². The van der Waals surface area contributed by atoms with Crippen LogP contribution in [-0.2, 0) is 0 Å². The number of piperazine rings is 1. The molecule has 0 saturated carbocycles. The minimum atomic E-state index is 0.978. The number of fused-ring (bicyclic) bond motifs is 1. The van der Waals surface area contributed by atoms with E-state index in [2.05, 4.69) is 69.4 Å². The lowest BCUT2D eigenvalue weighted by Gasteiger charge is -2.36. The zero-order valence-electron chi connectivity index (χ0n) is 17.2. The van der Waals surface area contributed by atoms with Gasteiger partial charge in [0.15, 0.2) is 0 Å². The molecule has 0 atom stereocenters. The van der Waals surface area contributed by atoms with Crippen LogP contribution in [0.3, 0.4) is 0 Å². The van der Waals surface area contributed by atoms with Gasteiger partial charge in [-0.05, 0) is 62.2 Å². The molecular weight excluding hydrogens is 348 g/mol. The van der Waals surface area contributed by atoms with Crippen molar-refractivity contribution in [3.63, 3.8) is 0 Å². The molecule has 0 aromatic heterocycles. The van der Waals surface area contributed by atoms with Crippen molar-refractivity contribution in [2.45, 2.75) is 19.8 Å². The van der Waals surface area contributed by atoms with Crippen LogP contribution < -0.4 is 9.64 Å². The summed E-state index contributed by atoms with van der Waals surface area (Å²) in [4.78, 5) is 5.05. The van der Waals surface area contributed by atoms with Gasteiger partial charge in [-0.25, -0.2) is 5.01 Å². The summed E-state index contributed by atoms with van der Waals surface area (Å²) < 4.78 is 5.52. The fraction of sp³-hybridized carbons (Fsp3) is 0.478. The number of methoxy groups -OCH3 is 1. The Bertz CT molecular complexity index is 762. The van der Waals surface area contributed by atoms with E-state index in [1.54, 1.807) is 7.11 Å². The third kappa shape index (κ3) is 4.26. The molecule has 1 aromatic carbocycles. The Morgan fingerprint density at radius 2 is 1.79 bits per heavy atom. The predicted molar refractivity (Wildman–Crippen MR) is 115 cm³/mol. The van der Waals surface area contributed by atoms with E-state index in [4.69, 9.17) is 4.74 Å². The van der Waals surface area contributed by atoms with Crippen molar-refractivity contribution in [1.29, 1.82) is 0 Å². The first kappa shape index (κ1) is 19.1. The van der Waals surface area contributed by atoms with Crippen molar-refractivity contribution in [2.75, 3.05) is 57.8 Å². The summed E-state index contributed by atoms with van der Waals surface area (Å²) in [6.07, 6.45) is 11.5. The summed E-state index contributed by atoms with van der Waals surface area (Å²) in [5.41, 5.74) is 3.88. The molecule has 0 amide bonds. The zero-order chi connectivity index (χ0) is 19.3. The number of hydrogen-bond acceptors (Lipinski definition) is 5. The van der Waals surface area contributed by atoms with E-state index in [1.165, 1.54) is 36.3 Å². The number of anilines is 1. The lowest BCUT2D eigenvalue weighted by Crippen LogP contribution is -2.46. The Labute approximate surface area is 169 Å². The summed E-state index contributed by atoms with van der Waals surface area (Å²) in [6, 6.07) is 8.35. The summed E-state index contributed by atoms with van der Waals surface area (Å²) in [5, 5.41) is 4.74. The van der Waals surface area contributed by atoms with Gasteiger partial charge in [-0.3, -0.25) is 9.91 Å². The molecule has 3 aliphatic heterocycles. The first-order valence-electron chi connectivity index (χ1n) is 10.5. The maximum Gasteiger partial charge on any atom is 0.142 e. The molecule has 0 bridgehead atoms. The maximum atomic E-state index is 5.52. The van der Waals surface area contributed by atoms with Gasteiger partial charge in [0, 0.05) is 45.5 Å². The van der Waals surface area contributed by atoms with Crippen LogP contribution in [0.25, 0.3) is 0 Å². The Kier molecular flexibility index (Phi) is 6.03. The molecule has 1 saturated heterocycles. The average molecular weight is 381 g/mol. The standard InChI is InChI=1S/C23H32N4O/c1-20-9-14-27-21(19-20)10-13-26(27)12-6-5-11-24-15-17-25(18-16-24)22-7-3-4-8-23(22)28-2/h3-4,7-10,14,19H,5-6,11-13,15-18H2,1-2H3. The molecule has 1 fully saturated rings. The van der Waals surface area contributed by atoms with Gasteiger partial charge < -0.3 is 9.64 Å². The Morgan fingerprint density at radius 3 is 2.61 bits per heavy atom. The lowest BCUT2D eigenvalue weighted by molar-refractivity contribution is 0.0894. The first-order valence-corrected chi connectivity index (χ1v) is 10.5. The maximum absolute atomic E-state index is 5.52. The van der Waals surface area contributed by atoms with Gasteiger partial charge in [0.1, 0.15) is 5.75 Å². The molecule has 28 heavy (non-hydrogen) atoms. The van der Waals surface area contributed by atoms with Crippen LogP contribution in [0.15, 0.2) is 60.0 Å². The summed E-state index contributed by atoms with van der Waals surface area (Å²) >= 11 is 0. The molecule has 3 heterocycles. The van der Waals surface area contributed by atoms with E-state index in [0.717, 1.165) is 45.0 Å². The highest BCUT2D eigenvalue weighted by molar-refractivity contribution is 5.58. The third-order valence-corrected chi connectivity index (χ3v) is 5.87. The number of unbranched alkanes of at least 4 members (excludes halogenated alkanes) is 1. The summed E-state index contributed by atoms with van der Waals surface area (Å²) in [7, 11) is 1.76. The molecular formula is C23H32N4O. The monoisotopic (exact) mass is 380 g/mol. The van der Waals surface area contributed by atoms with Crippen LogP contribution in [0.2, 0.25) is 0 Å². The van der Waals surface area contributed by atoms with Gasteiger partial charge in [0.25, 0.3) is 0 Å². The number of hydrazine groups is 1. The highest BCUT2D eigenvalue weighted by Gasteiger charge is 2.22. The predicted octanol–water partition coefficient (Wildman–Crippen LogP) is 3.49. The van der Waals surface area contributed by atoms with E-state index >= 15 is 0 Å². The van der Waals surface area contributed by atoms with E-state index in [0.29, 0.717) is 0 Å². The van der Waals surface area contributed by atoms with Crippen molar-refractivity contribution >= 4 is 5.69 Å². The minimum absolute atomic E-state index is 0.978. The highest BCUT2D eigenvalue weighted by Crippen LogP contribution is 2.28. The second kappa shape index (κ2) is 8.84. The molecule has 0 radical (unpaired) electrons. The summed E-state index contributed by atoms with van der Waals surface area (Å²) in [5.74, 6) is 0.978. The zero-order valence-corrected chi connectivity index (χ0v) is 17.2. The van der Waals surface area contributed by atoms with Crippen molar-refractivity contribution in [3.8, 4) is 5.75 Å². The quantitative estimate of drug-likeness (QED) is 0.674. The number of para-hydroxylation sites is 2. The van der Waals surface area contributed by atoms with Crippen LogP contribution in [0.5, 0.6) is 5.75 Å². The second-order valence-electron chi connectivity index (χ2n) is 7.80. The van der Waals surface area contributed by atoms with E-state index in [-0.39, 0.29) is 0 Å². The molecule has 0 unspecified atom stereocenters. The topological polar surface area (TPSA) is 22.2 Å². The fourth-order valence-corrected chi connectivity index (χ4v) is 4.25.